The van der Waals surface area contributed by atoms with Gasteiger partial charge in [0.1, 0.15) is 6.61 Å². The Labute approximate surface area is 175 Å². The zero-order chi connectivity index (χ0) is 21.1. The first-order chi connectivity index (χ1) is 14.4. The van der Waals surface area contributed by atoms with Crippen LogP contribution in [0.25, 0.3) is 6.08 Å². The van der Waals surface area contributed by atoms with Crippen LogP contribution in [0.4, 0.5) is 18.9 Å². The summed E-state index contributed by atoms with van der Waals surface area (Å²) in [4.78, 5) is 2.33. The Morgan fingerprint density at radius 3 is 2.87 bits per heavy atom. The summed E-state index contributed by atoms with van der Waals surface area (Å²) in [6.45, 7) is 0.525. The lowest BCUT2D eigenvalue weighted by atomic mass is 9.97. The van der Waals surface area contributed by atoms with E-state index in [1.54, 1.807) is 0 Å². The molecule has 3 heterocycles. The van der Waals surface area contributed by atoms with Crippen molar-refractivity contribution in [3.63, 3.8) is 0 Å². The van der Waals surface area contributed by atoms with Crippen molar-refractivity contribution >= 4 is 23.4 Å². The average molecular weight is 445 g/mol. The normalized spacial score (nSPS) is 21.5. The van der Waals surface area contributed by atoms with Crippen LogP contribution in [0.5, 0.6) is 6.08 Å². The highest BCUT2D eigenvalue weighted by atomic mass is 35.5. The first kappa shape index (κ1) is 21.0. The molecule has 1 aromatic heterocycles. The monoisotopic (exact) mass is 444 g/mol. The highest BCUT2D eigenvalue weighted by Crippen LogP contribution is 2.34. The Balaban J connectivity index is 1.30. The van der Waals surface area contributed by atoms with E-state index in [1.165, 1.54) is 0 Å². The number of halogens is 4. The van der Waals surface area contributed by atoms with Crippen LogP contribution in [0.2, 0.25) is 5.02 Å². The maximum Gasteiger partial charge on any atom is 0.522 e. The van der Waals surface area contributed by atoms with Gasteiger partial charge in [0.15, 0.2) is 0 Å². The zero-order valence-electron chi connectivity index (χ0n) is 15.9. The number of fused-ring (bicyclic) bond motifs is 1. The molecule has 7 nitrogen and oxygen atoms in total. The molecule has 1 N–H and O–H groups in total. The molecular weight excluding hydrogens is 425 g/mol. The van der Waals surface area contributed by atoms with E-state index >= 15 is 0 Å². The standard InChI is InChI=1S/C19H20ClF3N4O3/c20-13-4-3-12-2-1-7-27(16(12)10-13)14-5-6-15(24-11-14)17-25-26-18(30-17)28-8-9-29-19(21,22)23/h1-4,10,14-15,24H,5-9,11H2/t14-,15+/m1/s1. The molecule has 0 saturated carbocycles. The maximum atomic E-state index is 11.9. The van der Waals surface area contributed by atoms with Gasteiger partial charge >= 0.3 is 12.4 Å². The number of alkyl halides is 3. The van der Waals surface area contributed by atoms with E-state index in [4.69, 9.17) is 20.8 Å². The Morgan fingerprint density at radius 2 is 2.10 bits per heavy atom. The second kappa shape index (κ2) is 8.83. The molecular formula is C19H20ClF3N4O3. The summed E-state index contributed by atoms with van der Waals surface area (Å²) in [5.41, 5.74) is 2.26. The predicted molar refractivity (Wildman–Crippen MR) is 103 cm³/mol. The summed E-state index contributed by atoms with van der Waals surface area (Å²) in [5, 5.41) is 11.8. The minimum Gasteiger partial charge on any atom is -0.447 e. The maximum absolute atomic E-state index is 11.9. The molecule has 0 unspecified atom stereocenters. The second-order valence-electron chi connectivity index (χ2n) is 7.00. The number of hydrogen-bond donors (Lipinski definition) is 1. The van der Waals surface area contributed by atoms with Gasteiger partial charge in [-0.15, -0.1) is 18.3 Å². The number of nitrogens with zero attached hydrogens (tertiary/aromatic N) is 3. The number of benzene rings is 1. The van der Waals surface area contributed by atoms with Gasteiger partial charge in [-0.25, -0.2) is 0 Å². The van der Waals surface area contributed by atoms with Crippen LogP contribution in [0.1, 0.15) is 30.3 Å². The number of hydrogen-bond acceptors (Lipinski definition) is 7. The molecule has 2 aliphatic rings. The van der Waals surface area contributed by atoms with Crippen LogP contribution in [0.3, 0.4) is 0 Å². The van der Waals surface area contributed by atoms with Crippen molar-refractivity contribution in [2.75, 3.05) is 31.2 Å². The molecule has 4 rings (SSSR count). The molecule has 2 atom stereocenters. The van der Waals surface area contributed by atoms with Crippen LogP contribution in [0, 0.1) is 0 Å². The molecule has 2 aliphatic heterocycles. The number of ether oxygens (including phenoxy) is 2. The van der Waals surface area contributed by atoms with Crippen molar-refractivity contribution in [2.24, 2.45) is 0 Å². The first-order valence-corrected chi connectivity index (χ1v) is 9.90. The zero-order valence-corrected chi connectivity index (χ0v) is 16.6. The first-order valence-electron chi connectivity index (χ1n) is 9.52. The summed E-state index contributed by atoms with van der Waals surface area (Å²) in [6, 6.07) is 6.02. The number of aromatic nitrogens is 2. The van der Waals surface area contributed by atoms with Crippen LogP contribution in [-0.4, -0.2) is 48.9 Å². The van der Waals surface area contributed by atoms with Crippen LogP contribution in [-0.2, 0) is 4.74 Å². The van der Waals surface area contributed by atoms with Crippen molar-refractivity contribution in [1.29, 1.82) is 0 Å². The molecule has 0 spiro atoms. The highest BCUT2D eigenvalue weighted by molar-refractivity contribution is 6.31. The van der Waals surface area contributed by atoms with E-state index in [2.05, 4.69) is 37.3 Å². The summed E-state index contributed by atoms with van der Waals surface area (Å²) in [7, 11) is 0. The molecule has 0 aliphatic carbocycles. The fourth-order valence-electron chi connectivity index (χ4n) is 3.67. The van der Waals surface area contributed by atoms with Gasteiger partial charge in [-0.05, 0) is 30.5 Å². The Morgan fingerprint density at radius 1 is 1.23 bits per heavy atom. The molecule has 1 aromatic carbocycles. The lowest BCUT2D eigenvalue weighted by molar-refractivity contribution is -0.325. The van der Waals surface area contributed by atoms with Crippen molar-refractivity contribution in [3.8, 4) is 6.08 Å². The van der Waals surface area contributed by atoms with Gasteiger partial charge in [0.2, 0.25) is 5.89 Å². The van der Waals surface area contributed by atoms with Gasteiger partial charge in [0.25, 0.3) is 0 Å². The Kier molecular flexibility index (Phi) is 6.16. The van der Waals surface area contributed by atoms with Crippen LogP contribution < -0.4 is 15.0 Å². The molecule has 11 heteroatoms. The third-order valence-electron chi connectivity index (χ3n) is 5.03. The van der Waals surface area contributed by atoms with Gasteiger partial charge in [-0.1, -0.05) is 34.9 Å². The lowest BCUT2D eigenvalue weighted by Crippen LogP contribution is -2.48. The van der Waals surface area contributed by atoms with Crippen molar-refractivity contribution in [3.05, 3.63) is 40.8 Å². The second-order valence-corrected chi connectivity index (χ2v) is 7.44. The fourth-order valence-corrected chi connectivity index (χ4v) is 3.83. The molecule has 1 saturated heterocycles. The van der Waals surface area contributed by atoms with E-state index in [0.717, 1.165) is 30.6 Å². The van der Waals surface area contributed by atoms with Gasteiger partial charge < -0.3 is 19.4 Å². The van der Waals surface area contributed by atoms with Gasteiger partial charge in [0.05, 0.1) is 12.6 Å². The number of anilines is 1. The third kappa shape index (κ3) is 5.05. The minimum absolute atomic E-state index is 0.142. The largest absolute Gasteiger partial charge is 0.522 e. The van der Waals surface area contributed by atoms with Crippen molar-refractivity contribution in [2.45, 2.75) is 31.3 Å². The lowest BCUT2D eigenvalue weighted by Gasteiger charge is -2.39. The van der Waals surface area contributed by atoms with Crippen molar-refractivity contribution in [1.82, 2.24) is 15.5 Å². The van der Waals surface area contributed by atoms with E-state index in [1.807, 2.05) is 18.2 Å². The van der Waals surface area contributed by atoms with Crippen LogP contribution in [0.15, 0.2) is 28.7 Å². The molecule has 0 bridgehead atoms. The van der Waals surface area contributed by atoms with Crippen LogP contribution >= 0.6 is 11.6 Å². The molecule has 162 valence electrons. The van der Waals surface area contributed by atoms with Crippen molar-refractivity contribution < 1.29 is 27.1 Å². The Bertz CT molecular complexity index is 897. The third-order valence-corrected chi connectivity index (χ3v) is 5.26. The Hall–Kier alpha value is -2.30. The number of piperidine rings is 1. The van der Waals surface area contributed by atoms with E-state index in [9.17, 15) is 13.2 Å². The SMILES string of the molecule is FC(F)(F)OCCOc1nnc([C@@H]2CC[C@@H](N3CC=Cc4ccc(Cl)cc43)CN2)o1. The number of rotatable bonds is 6. The summed E-state index contributed by atoms with van der Waals surface area (Å²) in [5.74, 6) is 0.349. The molecule has 0 radical (unpaired) electrons. The highest BCUT2D eigenvalue weighted by Gasteiger charge is 2.31. The summed E-state index contributed by atoms with van der Waals surface area (Å²) in [6.07, 6.45) is 1.02. The molecule has 30 heavy (non-hydrogen) atoms. The number of nitrogens with one attached hydrogen (secondary N) is 1. The fraction of sp³-hybridized carbons (Fsp3) is 0.474. The van der Waals surface area contributed by atoms with E-state index in [0.29, 0.717) is 17.5 Å². The summed E-state index contributed by atoms with van der Waals surface area (Å²) >= 11 is 6.18. The molecule has 0 amide bonds. The van der Waals surface area contributed by atoms with Gasteiger partial charge in [0, 0.05) is 29.8 Å². The minimum atomic E-state index is -4.69. The van der Waals surface area contributed by atoms with Gasteiger partial charge in [-0.2, -0.15) is 0 Å². The van der Waals surface area contributed by atoms with Gasteiger partial charge in [-0.3, -0.25) is 4.74 Å². The smallest absolute Gasteiger partial charge is 0.447 e. The van der Waals surface area contributed by atoms with E-state index < -0.39 is 13.0 Å². The predicted octanol–water partition coefficient (Wildman–Crippen LogP) is 3.96. The molecule has 1 fully saturated rings. The quantitative estimate of drug-likeness (QED) is 0.676. The summed E-state index contributed by atoms with van der Waals surface area (Å²) < 4.78 is 49.9. The average Bonchev–Trinajstić information content (AvgIpc) is 3.19. The topological polar surface area (TPSA) is 72.7 Å². The molecule has 2 aromatic rings. The van der Waals surface area contributed by atoms with E-state index in [-0.39, 0.29) is 24.8 Å².